The Kier molecular flexibility index (Phi) is 4.99. The molecule has 0 aliphatic carbocycles. The van der Waals surface area contributed by atoms with Crippen molar-refractivity contribution in [2.45, 2.75) is 51.2 Å². The number of ether oxygens (including phenoxy) is 1. The largest absolute Gasteiger partial charge is 0.372 e. The molecule has 3 atom stereocenters. The van der Waals surface area contributed by atoms with E-state index in [0.29, 0.717) is 6.61 Å². The summed E-state index contributed by atoms with van der Waals surface area (Å²) in [5.41, 5.74) is 1.84. The smallest absolute Gasteiger partial charge is 0.290 e. The van der Waals surface area contributed by atoms with E-state index in [0.717, 1.165) is 30.7 Å². The predicted molar refractivity (Wildman–Crippen MR) is 87.6 cm³/mol. The lowest BCUT2D eigenvalue weighted by molar-refractivity contribution is -0.00323. The highest BCUT2D eigenvalue weighted by atomic mass is 16.5. The summed E-state index contributed by atoms with van der Waals surface area (Å²) < 4.78 is 13.0. The summed E-state index contributed by atoms with van der Waals surface area (Å²) in [5.74, 6) is 0.342. The zero-order valence-corrected chi connectivity index (χ0v) is 14.4. The maximum atomic E-state index is 12.4. The first-order valence-electron chi connectivity index (χ1n) is 8.43. The van der Waals surface area contributed by atoms with Crippen molar-refractivity contribution in [2.75, 3.05) is 6.61 Å². The molecular weight excluding hydrogens is 308 g/mol. The number of carbonyl (C=O) groups excluding carboxylic acids is 1. The lowest BCUT2D eigenvalue weighted by atomic mass is 10.0. The summed E-state index contributed by atoms with van der Waals surface area (Å²) in [7, 11) is 1.94. The molecule has 1 amide bonds. The van der Waals surface area contributed by atoms with Gasteiger partial charge in [-0.3, -0.25) is 4.79 Å². The van der Waals surface area contributed by atoms with Crippen molar-refractivity contribution in [3.05, 3.63) is 35.7 Å². The van der Waals surface area contributed by atoms with Gasteiger partial charge in [0.2, 0.25) is 5.76 Å². The topological polar surface area (TPSA) is 82.2 Å². The fraction of sp³-hybridized carbons (Fsp3) is 0.588. The number of imidazole rings is 1. The SMILES string of the molecule is CC[C@H](C)c1cc(C(=O)N[C@H]2CCO[C@@H](c3cncn3C)C2)on1. The molecule has 1 saturated heterocycles. The number of hydrogen-bond donors (Lipinski definition) is 1. The molecule has 0 spiro atoms. The van der Waals surface area contributed by atoms with E-state index in [1.54, 1.807) is 12.4 Å². The fourth-order valence-corrected chi connectivity index (χ4v) is 2.91. The molecule has 0 saturated carbocycles. The van der Waals surface area contributed by atoms with Crippen molar-refractivity contribution in [1.29, 1.82) is 0 Å². The molecule has 1 aliphatic rings. The molecule has 1 aliphatic heterocycles. The summed E-state index contributed by atoms with van der Waals surface area (Å²) in [6.45, 7) is 4.76. The summed E-state index contributed by atoms with van der Waals surface area (Å²) >= 11 is 0. The molecule has 7 nitrogen and oxygen atoms in total. The van der Waals surface area contributed by atoms with Gasteiger partial charge in [-0.25, -0.2) is 4.98 Å². The van der Waals surface area contributed by atoms with E-state index < -0.39 is 0 Å². The van der Waals surface area contributed by atoms with Crippen LogP contribution in [0.5, 0.6) is 0 Å². The van der Waals surface area contributed by atoms with Crippen molar-refractivity contribution in [3.63, 3.8) is 0 Å². The van der Waals surface area contributed by atoms with E-state index in [-0.39, 0.29) is 29.7 Å². The third-order valence-corrected chi connectivity index (χ3v) is 4.67. The number of rotatable bonds is 5. The molecule has 130 valence electrons. The summed E-state index contributed by atoms with van der Waals surface area (Å²) in [6, 6.07) is 1.78. The number of nitrogens with zero attached hydrogens (tertiary/aromatic N) is 3. The van der Waals surface area contributed by atoms with Gasteiger partial charge >= 0.3 is 0 Å². The number of nitrogens with one attached hydrogen (secondary N) is 1. The van der Waals surface area contributed by atoms with Gasteiger partial charge in [-0.15, -0.1) is 0 Å². The monoisotopic (exact) mass is 332 g/mol. The third-order valence-electron chi connectivity index (χ3n) is 4.67. The van der Waals surface area contributed by atoms with Crippen LogP contribution in [-0.4, -0.2) is 33.3 Å². The van der Waals surface area contributed by atoms with Gasteiger partial charge in [-0.05, 0) is 19.3 Å². The number of aromatic nitrogens is 3. The van der Waals surface area contributed by atoms with E-state index in [4.69, 9.17) is 9.26 Å². The zero-order chi connectivity index (χ0) is 17.1. The molecule has 2 aromatic heterocycles. The van der Waals surface area contributed by atoms with Gasteiger partial charge in [0.05, 0.1) is 23.9 Å². The van der Waals surface area contributed by atoms with Crippen LogP contribution in [0.4, 0.5) is 0 Å². The zero-order valence-electron chi connectivity index (χ0n) is 14.4. The lowest BCUT2D eigenvalue weighted by Crippen LogP contribution is -2.40. The van der Waals surface area contributed by atoms with Crippen LogP contribution in [0.3, 0.4) is 0 Å². The molecule has 1 N–H and O–H groups in total. The fourth-order valence-electron chi connectivity index (χ4n) is 2.91. The maximum Gasteiger partial charge on any atom is 0.290 e. The molecule has 0 unspecified atom stereocenters. The molecule has 7 heteroatoms. The van der Waals surface area contributed by atoms with E-state index in [1.165, 1.54) is 0 Å². The van der Waals surface area contributed by atoms with Crippen molar-refractivity contribution < 1.29 is 14.1 Å². The molecule has 0 aromatic carbocycles. The molecule has 3 heterocycles. The minimum Gasteiger partial charge on any atom is -0.372 e. The van der Waals surface area contributed by atoms with Gasteiger partial charge in [0.25, 0.3) is 5.91 Å². The number of carbonyl (C=O) groups is 1. The minimum absolute atomic E-state index is 0.0447. The average molecular weight is 332 g/mol. The average Bonchev–Trinajstić information content (AvgIpc) is 3.23. The Morgan fingerprint density at radius 1 is 1.54 bits per heavy atom. The van der Waals surface area contributed by atoms with Crippen LogP contribution in [0.25, 0.3) is 0 Å². The molecule has 24 heavy (non-hydrogen) atoms. The first-order chi connectivity index (χ1) is 11.6. The van der Waals surface area contributed by atoms with Gasteiger partial charge < -0.3 is 19.1 Å². The molecule has 0 bridgehead atoms. The first kappa shape index (κ1) is 16.7. The molecular formula is C17H24N4O3. The number of hydrogen-bond acceptors (Lipinski definition) is 5. The van der Waals surface area contributed by atoms with E-state index >= 15 is 0 Å². The molecule has 2 aromatic rings. The Bertz CT molecular complexity index is 694. The van der Waals surface area contributed by atoms with Crippen LogP contribution >= 0.6 is 0 Å². The first-order valence-corrected chi connectivity index (χ1v) is 8.43. The quantitative estimate of drug-likeness (QED) is 0.910. The van der Waals surface area contributed by atoms with Crippen molar-refractivity contribution in [2.24, 2.45) is 7.05 Å². The number of amides is 1. The highest BCUT2D eigenvalue weighted by Crippen LogP contribution is 2.28. The normalized spacial score (nSPS) is 22.3. The van der Waals surface area contributed by atoms with E-state index in [1.807, 2.05) is 17.8 Å². The predicted octanol–water partition coefficient (Wildman–Crippen LogP) is 2.57. The molecule has 3 rings (SSSR count). The second-order valence-electron chi connectivity index (χ2n) is 6.41. The highest BCUT2D eigenvalue weighted by molar-refractivity contribution is 5.91. The summed E-state index contributed by atoms with van der Waals surface area (Å²) in [6.07, 6.45) is 5.97. The third kappa shape index (κ3) is 3.51. The van der Waals surface area contributed by atoms with Crippen molar-refractivity contribution >= 4 is 5.91 Å². The Morgan fingerprint density at radius 3 is 3.08 bits per heavy atom. The van der Waals surface area contributed by atoms with Crippen LogP contribution < -0.4 is 5.32 Å². The Morgan fingerprint density at radius 2 is 2.38 bits per heavy atom. The highest BCUT2D eigenvalue weighted by Gasteiger charge is 2.28. The summed E-state index contributed by atoms with van der Waals surface area (Å²) in [4.78, 5) is 16.5. The van der Waals surface area contributed by atoms with Gasteiger partial charge in [0, 0.05) is 31.7 Å². The van der Waals surface area contributed by atoms with Crippen molar-refractivity contribution in [3.8, 4) is 0 Å². The van der Waals surface area contributed by atoms with Crippen LogP contribution in [0.2, 0.25) is 0 Å². The van der Waals surface area contributed by atoms with Crippen molar-refractivity contribution in [1.82, 2.24) is 20.0 Å². The van der Waals surface area contributed by atoms with Crippen LogP contribution in [0, 0.1) is 0 Å². The lowest BCUT2D eigenvalue weighted by Gasteiger charge is -2.29. The van der Waals surface area contributed by atoms with Gasteiger partial charge in [0.1, 0.15) is 6.10 Å². The molecule has 1 fully saturated rings. The summed E-state index contributed by atoms with van der Waals surface area (Å²) in [5, 5.41) is 7.03. The van der Waals surface area contributed by atoms with Crippen LogP contribution in [0.15, 0.2) is 23.1 Å². The Hall–Kier alpha value is -2.15. The second kappa shape index (κ2) is 7.17. The van der Waals surface area contributed by atoms with Crippen LogP contribution in [-0.2, 0) is 11.8 Å². The maximum absolute atomic E-state index is 12.4. The second-order valence-corrected chi connectivity index (χ2v) is 6.41. The van der Waals surface area contributed by atoms with Gasteiger partial charge in [-0.1, -0.05) is 19.0 Å². The standard InChI is InChI=1S/C17H24N4O3/c1-4-11(2)13-8-16(24-20-13)17(22)19-12-5-6-23-15(7-12)14-9-18-10-21(14)3/h8-12,15H,4-7H2,1-3H3,(H,19,22)/t11-,12-,15+/m0/s1. The van der Waals surface area contributed by atoms with E-state index in [9.17, 15) is 4.79 Å². The van der Waals surface area contributed by atoms with E-state index in [2.05, 4.69) is 29.3 Å². The van der Waals surface area contributed by atoms with Gasteiger partial charge in [0.15, 0.2) is 0 Å². The number of aryl methyl sites for hydroxylation is 1. The Labute approximate surface area is 141 Å². The molecule has 0 radical (unpaired) electrons. The Balaban J connectivity index is 1.62. The van der Waals surface area contributed by atoms with Gasteiger partial charge in [-0.2, -0.15) is 0 Å². The minimum atomic E-state index is -0.215. The van der Waals surface area contributed by atoms with Crippen LogP contribution in [0.1, 0.15) is 67.1 Å².